The van der Waals surface area contributed by atoms with Gasteiger partial charge in [-0.05, 0) is 36.4 Å². The minimum atomic E-state index is -5.45. The molecule has 0 atom stereocenters. The number of hydrogen-bond donors (Lipinski definition) is 1. The Morgan fingerprint density at radius 3 is 2.16 bits per heavy atom. The standard InChI is InChI=1S/C22H17F7N4O4/c1-31(14-4-2-13(23)3-5-14)20(36)37-18-15(22(27,28)29)10-12(21(24,25)26)11-16(18)33-9-8-32(19(33)35)7-6-17(30)34/h2-5,8-11H,6-7H2,1H3,(H2,30,34). The number of imidazole rings is 1. The molecule has 3 rings (SSSR count). The molecular weight excluding hydrogens is 517 g/mol. The largest absolute Gasteiger partial charge is 0.420 e. The Morgan fingerprint density at radius 1 is 1.00 bits per heavy atom. The van der Waals surface area contributed by atoms with Crippen LogP contribution in [0.2, 0.25) is 0 Å². The molecule has 0 fully saturated rings. The maximum absolute atomic E-state index is 13.9. The summed E-state index contributed by atoms with van der Waals surface area (Å²) >= 11 is 0. The number of primary amides is 1. The van der Waals surface area contributed by atoms with Crippen LogP contribution in [0.1, 0.15) is 17.5 Å². The molecule has 198 valence electrons. The maximum Gasteiger partial charge on any atom is 0.420 e. The third kappa shape index (κ3) is 6.10. The van der Waals surface area contributed by atoms with Gasteiger partial charge in [0.25, 0.3) is 0 Å². The van der Waals surface area contributed by atoms with Crippen LogP contribution in [0.15, 0.2) is 53.6 Å². The lowest BCUT2D eigenvalue weighted by molar-refractivity contribution is -0.143. The Balaban J connectivity index is 2.20. The van der Waals surface area contributed by atoms with Crippen LogP contribution >= 0.6 is 0 Å². The molecular formula is C22H17F7N4O4. The normalized spacial score (nSPS) is 11.9. The molecule has 1 heterocycles. The second-order valence-corrected chi connectivity index (χ2v) is 7.63. The number of rotatable bonds is 6. The van der Waals surface area contributed by atoms with Crippen molar-refractivity contribution >= 4 is 17.7 Å². The maximum atomic E-state index is 13.9. The molecule has 1 aromatic heterocycles. The molecule has 0 aliphatic carbocycles. The summed E-state index contributed by atoms with van der Waals surface area (Å²) in [7, 11) is 1.07. The van der Waals surface area contributed by atoms with Gasteiger partial charge in [0.15, 0.2) is 5.75 Å². The highest BCUT2D eigenvalue weighted by Gasteiger charge is 2.42. The molecule has 0 radical (unpaired) electrons. The number of anilines is 1. The average Bonchev–Trinajstić information content (AvgIpc) is 3.16. The molecule has 2 amide bonds. The van der Waals surface area contributed by atoms with Crippen molar-refractivity contribution in [3.8, 4) is 11.4 Å². The average molecular weight is 534 g/mol. The van der Waals surface area contributed by atoms with Crippen LogP contribution in [0.4, 0.5) is 41.2 Å². The lowest BCUT2D eigenvalue weighted by Crippen LogP contribution is -2.31. The van der Waals surface area contributed by atoms with Crippen molar-refractivity contribution in [1.82, 2.24) is 9.13 Å². The summed E-state index contributed by atoms with van der Waals surface area (Å²) in [5, 5.41) is 0. The van der Waals surface area contributed by atoms with Gasteiger partial charge in [0, 0.05) is 38.1 Å². The van der Waals surface area contributed by atoms with E-state index in [4.69, 9.17) is 10.5 Å². The first-order valence-electron chi connectivity index (χ1n) is 10.2. The molecule has 0 aliphatic heterocycles. The molecule has 37 heavy (non-hydrogen) atoms. The van der Waals surface area contributed by atoms with E-state index in [9.17, 15) is 45.1 Å². The van der Waals surface area contributed by atoms with E-state index in [1.807, 2.05) is 0 Å². The summed E-state index contributed by atoms with van der Waals surface area (Å²) in [4.78, 5) is 37.1. The number of alkyl halides is 6. The monoisotopic (exact) mass is 534 g/mol. The van der Waals surface area contributed by atoms with E-state index < -0.39 is 58.4 Å². The Hall–Kier alpha value is -4.30. The predicted octanol–water partition coefficient (Wildman–Crippen LogP) is 4.33. The Morgan fingerprint density at radius 2 is 1.62 bits per heavy atom. The first kappa shape index (κ1) is 27.3. The highest BCUT2D eigenvalue weighted by molar-refractivity contribution is 5.89. The summed E-state index contributed by atoms with van der Waals surface area (Å²) in [5.74, 6) is -2.86. The molecule has 2 aromatic carbocycles. The van der Waals surface area contributed by atoms with E-state index in [0.29, 0.717) is 9.47 Å². The number of nitrogens with two attached hydrogens (primary N) is 1. The fourth-order valence-electron chi connectivity index (χ4n) is 3.20. The SMILES string of the molecule is CN(C(=O)Oc1c(-n2ccn(CCC(N)=O)c2=O)cc(C(F)(F)F)cc1C(F)(F)F)c1ccc(F)cc1. The number of aryl methyl sites for hydroxylation is 1. The lowest BCUT2D eigenvalue weighted by atomic mass is 10.1. The highest BCUT2D eigenvalue weighted by atomic mass is 19.4. The fourth-order valence-corrected chi connectivity index (χ4v) is 3.20. The van der Waals surface area contributed by atoms with Gasteiger partial charge < -0.3 is 10.5 Å². The van der Waals surface area contributed by atoms with Gasteiger partial charge in [-0.15, -0.1) is 0 Å². The summed E-state index contributed by atoms with van der Waals surface area (Å²) in [6, 6.07) is 4.10. The third-order valence-electron chi connectivity index (χ3n) is 5.09. The zero-order chi connectivity index (χ0) is 27.7. The number of carbonyl (C=O) groups excluding carboxylic acids is 2. The first-order valence-corrected chi connectivity index (χ1v) is 10.2. The number of hydrogen-bond acceptors (Lipinski definition) is 4. The molecule has 0 spiro atoms. The van der Waals surface area contributed by atoms with Crippen LogP contribution in [0, 0.1) is 5.82 Å². The molecule has 0 bridgehead atoms. The lowest BCUT2D eigenvalue weighted by Gasteiger charge is -2.22. The summed E-state index contributed by atoms with van der Waals surface area (Å²) in [6.45, 7) is -0.311. The van der Waals surface area contributed by atoms with E-state index in [0.717, 1.165) is 48.3 Å². The predicted molar refractivity (Wildman–Crippen MR) is 115 cm³/mol. The van der Waals surface area contributed by atoms with Crippen molar-refractivity contribution in [2.45, 2.75) is 25.3 Å². The molecule has 3 aromatic rings. The number of carbonyl (C=O) groups is 2. The van der Waals surface area contributed by atoms with Gasteiger partial charge >= 0.3 is 24.1 Å². The third-order valence-corrected chi connectivity index (χ3v) is 5.09. The molecule has 2 N–H and O–H groups in total. The van der Waals surface area contributed by atoms with Gasteiger partial charge in [-0.25, -0.2) is 14.0 Å². The fraction of sp³-hybridized carbons (Fsp3) is 0.227. The van der Waals surface area contributed by atoms with Crippen molar-refractivity contribution < 1.29 is 45.1 Å². The number of halogens is 7. The smallest absolute Gasteiger partial charge is 0.407 e. The van der Waals surface area contributed by atoms with Crippen molar-refractivity contribution in [3.63, 3.8) is 0 Å². The zero-order valence-electron chi connectivity index (χ0n) is 18.7. The second kappa shape index (κ2) is 9.99. The van der Waals surface area contributed by atoms with Gasteiger partial charge in [0.1, 0.15) is 11.4 Å². The number of nitrogens with zero attached hydrogens (tertiary/aromatic N) is 3. The van der Waals surface area contributed by atoms with Gasteiger partial charge in [-0.3, -0.25) is 18.8 Å². The van der Waals surface area contributed by atoms with Gasteiger partial charge in [-0.1, -0.05) is 0 Å². The van der Waals surface area contributed by atoms with Crippen LogP contribution < -0.4 is 21.1 Å². The van der Waals surface area contributed by atoms with Crippen molar-refractivity contribution in [3.05, 3.63) is 76.2 Å². The molecule has 8 nitrogen and oxygen atoms in total. The molecule has 0 saturated heterocycles. The van der Waals surface area contributed by atoms with Crippen LogP contribution in [-0.2, 0) is 23.7 Å². The molecule has 0 unspecified atom stereocenters. The summed E-state index contributed by atoms with van der Waals surface area (Å²) < 4.78 is 101. The Kier molecular flexibility index (Phi) is 7.36. The van der Waals surface area contributed by atoms with E-state index >= 15 is 0 Å². The highest BCUT2D eigenvalue weighted by Crippen LogP contribution is 2.44. The van der Waals surface area contributed by atoms with Crippen molar-refractivity contribution in [2.75, 3.05) is 11.9 Å². The van der Waals surface area contributed by atoms with Gasteiger partial charge in [0.2, 0.25) is 5.91 Å². The van der Waals surface area contributed by atoms with Gasteiger partial charge in [0.05, 0.1) is 11.3 Å². The molecule has 0 saturated carbocycles. The zero-order valence-corrected chi connectivity index (χ0v) is 18.7. The molecule has 15 heteroatoms. The van der Waals surface area contributed by atoms with E-state index in [1.165, 1.54) is 0 Å². The number of benzene rings is 2. The number of ether oxygens (including phenoxy) is 1. The van der Waals surface area contributed by atoms with E-state index in [2.05, 4.69) is 0 Å². The first-order chi connectivity index (χ1) is 17.1. The number of amides is 2. The Bertz CT molecular complexity index is 1380. The van der Waals surface area contributed by atoms with Crippen LogP contribution in [0.25, 0.3) is 5.69 Å². The van der Waals surface area contributed by atoms with Crippen molar-refractivity contribution in [1.29, 1.82) is 0 Å². The Labute approximate surface area is 203 Å². The summed E-state index contributed by atoms with van der Waals surface area (Å²) in [6.07, 6.45) is -10.7. The molecule has 0 aliphatic rings. The van der Waals surface area contributed by atoms with E-state index in [1.54, 1.807) is 0 Å². The number of aromatic nitrogens is 2. The quantitative estimate of drug-likeness (QED) is 0.476. The van der Waals surface area contributed by atoms with Crippen LogP contribution in [0.5, 0.6) is 5.75 Å². The summed E-state index contributed by atoms with van der Waals surface area (Å²) in [5.41, 5.74) is -0.903. The minimum absolute atomic E-state index is 0.0109. The van der Waals surface area contributed by atoms with Crippen molar-refractivity contribution in [2.24, 2.45) is 5.73 Å². The van der Waals surface area contributed by atoms with E-state index in [-0.39, 0.29) is 30.8 Å². The topological polar surface area (TPSA) is 99.6 Å². The van der Waals surface area contributed by atoms with Crippen LogP contribution in [0.3, 0.4) is 0 Å². The van der Waals surface area contributed by atoms with Gasteiger partial charge in [-0.2, -0.15) is 26.3 Å². The second-order valence-electron chi connectivity index (χ2n) is 7.63. The van der Waals surface area contributed by atoms with Crippen LogP contribution in [-0.4, -0.2) is 28.2 Å². The minimum Gasteiger partial charge on any atom is -0.407 e.